The number of aromatic nitrogens is 1. The number of benzene rings is 2. The summed E-state index contributed by atoms with van der Waals surface area (Å²) in [6, 6.07) is 15.3. The highest BCUT2D eigenvalue weighted by Crippen LogP contribution is 2.26. The first-order valence-corrected chi connectivity index (χ1v) is 10.4. The van der Waals surface area contributed by atoms with Gasteiger partial charge < -0.3 is 25.8 Å². The highest BCUT2D eigenvalue weighted by molar-refractivity contribution is 6.27. The molecule has 0 bridgehead atoms. The number of carboxylic acid groups (broad SMARTS) is 2. The van der Waals surface area contributed by atoms with E-state index in [9.17, 15) is 9.59 Å². The summed E-state index contributed by atoms with van der Waals surface area (Å²) in [7, 11) is 0. The number of nitrogens with one attached hydrogen (secondary N) is 3. The highest BCUT2D eigenvalue weighted by Gasteiger charge is 2.24. The standard InChI is InChI=1S/C22H25N3O2.C2H2O4/c1-3-16-10-7-11-18-19(14-25-20(16)18)22(27)21(17-8-5-4-6-9-17)24-13-12-23-15(2)26;3-1(4)2(5)6/h4-11,14,21,24-25H,3,12-13H2,1-2H3,(H,23,26);(H,3,4)(H,5,6). The van der Waals surface area contributed by atoms with Gasteiger partial charge >= 0.3 is 11.9 Å². The molecule has 0 aliphatic carbocycles. The van der Waals surface area contributed by atoms with E-state index in [0.717, 1.165) is 22.9 Å². The summed E-state index contributed by atoms with van der Waals surface area (Å²) in [5.41, 5.74) is 3.81. The van der Waals surface area contributed by atoms with Gasteiger partial charge in [0.05, 0.1) is 6.04 Å². The number of aliphatic carboxylic acids is 2. The Morgan fingerprint density at radius 3 is 2.18 bits per heavy atom. The second kappa shape index (κ2) is 12.2. The third-order valence-corrected chi connectivity index (χ3v) is 4.87. The first-order chi connectivity index (χ1) is 15.8. The number of H-pyrrole nitrogens is 1. The van der Waals surface area contributed by atoms with E-state index < -0.39 is 18.0 Å². The highest BCUT2D eigenvalue weighted by atomic mass is 16.4. The molecule has 3 rings (SSSR count). The molecule has 2 aromatic carbocycles. The van der Waals surface area contributed by atoms with Crippen LogP contribution in [-0.4, -0.2) is 51.9 Å². The van der Waals surface area contributed by atoms with E-state index in [2.05, 4.69) is 28.6 Å². The minimum atomic E-state index is -1.82. The van der Waals surface area contributed by atoms with Crippen molar-refractivity contribution in [3.05, 3.63) is 71.4 Å². The van der Waals surface area contributed by atoms with Gasteiger partial charge in [-0.25, -0.2) is 9.59 Å². The third kappa shape index (κ3) is 7.01. The van der Waals surface area contributed by atoms with Gasteiger partial charge in [0.2, 0.25) is 5.91 Å². The molecule has 0 saturated heterocycles. The van der Waals surface area contributed by atoms with Crippen molar-refractivity contribution < 1.29 is 29.4 Å². The molecule has 3 aromatic rings. The molecule has 5 N–H and O–H groups in total. The molecule has 1 heterocycles. The number of amides is 1. The maximum absolute atomic E-state index is 13.4. The number of aryl methyl sites for hydroxylation is 1. The van der Waals surface area contributed by atoms with E-state index in [1.807, 2.05) is 42.5 Å². The zero-order valence-corrected chi connectivity index (χ0v) is 18.4. The molecule has 1 amide bonds. The van der Waals surface area contributed by atoms with Crippen LogP contribution in [0.5, 0.6) is 0 Å². The average molecular weight is 453 g/mol. The number of hydrogen-bond acceptors (Lipinski definition) is 5. The van der Waals surface area contributed by atoms with Gasteiger partial charge in [-0.1, -0.05) is 55.5 Å². The quantitative estimate of drug-likeness (QED) is 0.200. The molecule has 1 atom stereocenters. The Bertz CT molecular complexity index is 1110. The van der Waals surface area contributed by atoms with Gasteiger partial charge in [0.25, 0.3) is 0 Å². The van der Waals surface area contributed by atoms with E-state index >= 15 is 0 Å². The van der Waals surface area contributed by atoms with Gasteiger partial charge in [-0.05, 0) is 17.5 Å². The van der Waals surface area contributed by atoms with Crippen LogP contribution in [0, 0.1) is 0 Å². The maximum atomic E-state index is 13.4. The fourth-order valence-corrected chi connectivity index (χ4v) is 3.33. The molecule has 0 radical (unpaired) electrons. The maximum Gasteiger partial charge on any atom is 0.414 e. The molecule has 0 saturated carbocycles. The molecule has 1 unspecified atom stereocenters. The Morgan fingerprint density at radius 1 is 0.939 bits per heavy atom. The van der Waals surface area contributed by atoms with Gasteiger partial charge in [-0.3, -0.25) is 9.59 Å². The lowest BCUT2D eigenvalue weighted by atomic mass is 9.96. The number of hydrogen-bond donors (Lipinski definition) is 5. The van der Waals surface area contributed by atoms with Crippen molar-refractivity contribution in [1.82, 2.24) is 15.6 Å². The summed E-state index contributed by atoms with van der Waals surface area (Å²) < 4.78 is 0. The number of ketones is 1. The van der Waals surface area contributed by atoms with Crippen LogP contribution in [0.15, 0.2) is 54.7 Å². The van der Waals surface area contributed by atoms with E-state index in [4.69, 9.17) is 19.8 Å². The van der Waals surface area contributed by atoms with Crippen molar-refractivity contribution in [2.24, 2.45) is 0 Å². The number of carboxylic acids is 2. The minimum Gasteiger partial charge on any atom is -0.473 e. The van der Waals surface area contributed by atoms with Gasteiger partial charge in [0, 0.05) is 42.7 Å². The number of aromatic amines is 1. The van der Waals surface area contributed by atoms with Crippen LogP contribution in [-0.2, 0) is 20.8 Å². The van der Waals surface area contributed by atoms with Crippen LogP contribution < -0.4 is 10.6 Å². The Labute approximate surface area is 190 Å². The molecule has 0 fully saturated rings. The zero-order chi connectivity index (χ0) is 24.4. The molecular formula is C24H27N3O6. The van der Waals surface area contributed by atoms with Crippen LogP contribution in [0.25, 0.3) is 10.9 Å². The summed E-state index contributed by atoms with van der Waals surface area (Å²) in [4.78, 5) is 45.9. The van der Waals surface area contributed by atoms with E-state index in [1.54, 1.807) is 6.20 Å². The molecule has 174 valence electrons. The van der Waals surface area contributed by atoms with Gasteiger partial charge in [-0.2, -0.15) is 0 Å². The zero-order valence-electron chi connectivity index (χ0n) is 18.4. The first kappa shape index (κ1) is 25.3. The minimum absolute atomic E-state index is 0.0172. The number of fused-ring (bicyclic) bond motifs is 1. The van der Waals surface area contributed by atoms with Crippen molar-refractivity contribution in [2.45, 2.75) is 26.3 Å². The third-order valence-electron chi connectivity index (χ3n) is 4.87. The Balaban J connectivity index is 0.000000569. The second-order valence-corrected chi connectivity index (χ2v) is 7.15. The average Bonchev–Trinajstić information content (AvgIpc) is 3.24. The number of para-hydroxylation sites is 1. The summed E-state index contributed by atoms with van der Waals surface area (Å²) in [5, 5.41) is 21.8. The van der Waals surface area contributed by atoms with Crippen LogP contribution in [0.1, 0.15) is 41.4 Å². The summed E-state index contributed by atoms with van der Waals surface area (Å²) in [6.45, 7) is 4.57. The first-order valence-electron chi connectivity index (χ1n) is 10.4. The molecule has 0 aliphatic rings. The van der Waals surface area contributed by atoms with Crippen molar-refractivity contribution >= 4 is 34.5 Å². The predicted molar refractivity (Wildman–Crippen MR) is 123 cm³/mol. The van der Waals surface area contributed by atoms with Gasteiger partial charge in [0.1, 0.15) is 0 Å². The van der Waals surface area contributed by atoms with Crippen molar-refractivity contribution in [2.75, 3.05) is 13.1 Å². The largest absolute Gasteiger partial charge is 0.473 e. The van der Waals surface area contributed by atoms with Gasteiger partial charge in [0.15, 0.2) is 5.78 Å². The number of carbonyl (C=O) groups is 4. The van der Waals surface area contributed by atoms with E-state index in [-0.39, 0.29) is 11.7 Å². The van der Waals surface area contributed by atoms with Crippen LogP contribution in [0.3, 0.4) is 0 Å². The van der Waals surface area contributed by atoms with Crippen LogP contribution in [0.2, 0.25) is 0 Å². The second-order valence-electron chi connectivity index (χ2n) is 7.15. The summed E-state index contributed by atoms with van der Waals surface area (Å²) >= 11 is 0. The molecule has 0 spiro atoms. The number of carbonyl (C=O) groups excluding carboxylic acids is 2. The van der Waals surface area contributed by atoms with Crippen molar-refractivity contribution in [1.29, 1.82) is 0 Å². The predicted octanol–water partition coefficient (Wildman–Crippen LogP) is 2.54. The lowest BCUT2D eigenvalue weighted by Gasteiger charge is -2.18. The van der Waals surface area contributed by atoms with Crippen LogP contribution in [0.4, 0.5) is 0 Å². The molecule has 9 nitrogen and oxygen atoms in total. The number of rotatable bonds is 8. The smallest absolute Gasteiger partial charge is 0.414 e. The van der Waals surface area contributed by atoms with Crippen LogP contribution >= 0.6 is 0 Å². The Kier molecular flexibility index (Phi) is 9.31. The fraction of sp³-hybridized carbons (Fsp3) is 0.250. The van der Waals surface area contributed by atoms with Crippen molar-refractivity contribution in [3.8, 4) is 0 Å². The lowest BCUT2D eigenvalue weighted by Crippen LogP contribution is -2.35. The molecule has 33 heavy (non-hydrogen) atoms. The number of Topliss-reactive ketones (excluding diaryl/α,β-unsaturated/α-hetero) is 1. The Hall–Kier alpha value is -3.98. The Morgan fingerprint density at radius 2 is 1.61 bits per heavy atom. The SMILES string of the molecule is CCc1cccc2c(C(=O)C(NCCNC(C)=O)c3ccccc3)c[nH]c12.O=C(O)C(=O)O. The lowest BCUT2D eigenvalue weighted by molar-refractivity contribution is -0.159. The summed E-state index contributed by atoms with van der Waals surface area (Å²) in [6.07, 6.45) is 2.71. The molecular weight excluding hydrogens is 426 g/mol. The topological polar surface area (TPSA) is 149 Å². The van der Waals surface area contributed by atoms with E-state index in [1.165, 1.54) is 12.5 Å². The fourth-order valence-electron chi connectivity index (χ4n) is 3.33. The van der Waals surface area contributed by atoms with Crippen molar-refractivity contribution in [3.63, 3.8) is 0 Å². The van der Waals surface area contributed by atoms with Gasteiger partial charge in [-0.15, -0.1) is 0 Å². The molecule has 0 aliphatic heterocycles. The normalized spacial score (nSPS) is 11.2. The molecule has 1 aromatic heterocycles. The molecule has 9 heteroatoms. The van der Waals surface area contributed by atoms with E-state index in [0.29, 0.717) is 18.7 Å². The summed E-state index contributed by atoms with van der Waals surface area (Å²) in [5.74, 6) is -3.71. The monoisotopic (exact) mass is 453 g/mol.